The van der Waals surface area contributed by atoms with Crippen molar-refractivity contribution < 1.29 is 14.7 Å². The summed E-state index contributed by atoms with van der Waals surface area (Å²) in [6, 6.07) is 8.70. The van der Waals surface area contributed by atoms with Crippen LogP contribution in [0, 0.1) is 0 Å². The molecule has 8 heteroatoms. The van der Waals surface area contributed by atoms with Crippen LogP contribution in [0.5, 0.6) is 0 Å². The van der Waals surface area contributed by atoms with Gasteiger partial charge in [0.1, 0.15) is 4.34 Å². The third-order valence-corrected chi connectivity index (χ3v) is 5.32. The lowest BCUT2D eigenvalue weighted by Crippen LogP contribution is -2.06. The first-order valence-electron chi connectivity index (χ1n) is 6.03. The molecule has 4 nitrogen and oxygen atoms in total. The molecular weight excluding hydrogens is 365 g/mol. The van der Waals surface area contributed by atoms with Gasteiger partial charge in [-0.2, -0.15) is 0 Å². The van der Waals surface area contributed by atoms with E-state index in [9.17, 15) is 10.0 Å². The van der Waals surface area contributed by atoms with E-state index in [4.69, 9.17) is 27.9 Å². The number of rotatable bonds is 5. The van der Waals surface area contributed by atoms with Gasteiger partial charge in [-0.3, -0.25) is 0 Å². The molecule has 2 aromatic rings. The van der Waals surface area contributed by atoms with Gasteiger partial charge in [0.25, 0.3) is 0 Å². The topological polar surface area (TPSA) is 58.9 Å². The van der Waals surface area contributed by atoms with E-state index < -0.39 is 5.97 Å². The van der Waals surface area contributed by atoms with E-state index in [0.29, 0.717) is 31.3 Å². The number of esters is 1. The number of ether oxygens (including phenoxy) is 1. The summed E-state index contributed by atoms with van der Waals surface area (Å²) in [6.45, 7) is 0. The van der Waals surface area contributed by atoms with Crippen LogP contribution in [-0.2, 0) is 4.74 Å². The lowest BCUT2D eigenvalue weighted by Gasteiger charge is -2.08. The summed E-state index contributed by atoms with van der Waals surface area (Å²) in [5.41, 5.74) is 1.43. The van der Waals surface area contributed by atoms with E-state index in [1.54, 1.807) is 24.3 Å². The van der Waals surface area contributed by atoms with Crippen LogP contribution >= 0.6 is 46.3 Å². The number of methoxy groups -OCH3 is 1. The Morgan fingerprint density at radius 2 is 2.09 bits per heavy atom. The fourth-order valence-electron chi connectivity index (χ4n) is 1.71. The number of thiophene rings is 1. The van der Waals surface area contributed by atoms with Crippen molar-refractivity contribution >= 4 is 58.0 Å². The van der Waals surface area contributed by atoms with Crippen molar-refractivity contribution in [3.05, 3.63) is 50.1 Å². The van der Waals surface area contributed by atoms with Crippen LogP contribution in [0.3, 0.4) is 0 Å². The molecule has 0 amide bonds. The molecule has 1 N–H and O–H groups in total. The van der Waals surface area contributed by atoms with E-state index >= 15 is 0 Å². The maximum atomic E-state index is 11.7. The second-order valence-corrected chi connectivity index (χ2v) is 7.36. The molecule has 22 heavy (non-hydrogen) atoms. The van der Waals surface area contributed by atoms with Crippen molar-refractivity contribution in [1.82, 2.24) is 0 Å². The molecule has 0 spiro atoms. The highest BCUT2D eigenvalue weighted by Crippen LogP contribution is 2.33. The average molecular weight is 376 g/mol. The second kappa shape index (κ2) is 7.87. The molecule has 1 aromatic carbocycles. The van der Waals surface area contributed by atoms with E-state index in [2.05, 4.69) is 5.16 Å². The predicted octanol–water partition coefficient (Wildman–Crippen LogP) is 4.81. The highest BCUT2D eigenvalue weighted by atomic mass is 35.5. The van der Waals surface area contributed by atoms with E-state index in [-0.39, 0.29) is 0 Å². The van der Waals surface area contributed by atoms with Crippen molar-refractivity contribution in [3.63, 3.8) is 0 Å². The molecule has 0 saturated heterocycles. The zero-order chi connectivity index (χ0) is 16.1. The monoisotopic (exact) mass is 375 g/mol. The molecule has 0 aliphatic carbocycles. The molecule has 0 bridgehead atoms. The summed E-state index contributed by atoms with van der Waals surface area (Å²) in [5, 5.41) is 12.5. The zero-order valence-electron chi connectivity index (χ0n) is 11.4. The first kappa shape index (κ1) is 17.1. The Hall–Kier alpha value is -1.21. The third kappa shape index (κ3) is 3.95. The van der Waals surface area contributed by atoms with Crippen molar-refractivity contribution in [2.45, 2.75) is 4.90 Å². The number of thioether (sulfide) groups is 1. The maximum Gasteiger partial charge on any atom is 0.338 e. The number of carbonyl (C=O) groups is 1. The van der Waals surface area contributed by atoms with Gasteiger partial charge in [-0.25, -0.2) is 4.79 Å². The van der Waals surface area contributed by atoms with E-state index in [0.717, 1.165) is 4.90 Å². The zero-order valence-corrected chi connectivity index (χ0v) is 14.5. The number of hydrogen-bond acceptors (Lipinski definition) is 6. The number of benzene rings is 1. The molecule has 0 unspecified atom stereocenters. The summed E-state index contributed by atoms with van der Waals surface area (Å²) in [5.74, 6) is -0.0840. The fraction of sp³-hybridized carbons (Fsp3) is 0.143. The quantitative estimate of drug-likeness (QED) is 0.267. The van der Waals surface area contributed by atoms with Gasteiger partial charge in [-0.15, -0.1) is 23.1 Å². The van der Waals surface area contributed by atoms with Gasteiger partial charge in [-0.05, 0) is 18.2 Å². The highest BCUT2D eigenvalue weighted by molar-refractivity contribution is 8.00. The summed E-state index contributed by atoms with van der Waals surface area (Å²) < 4.78 is 5.72. The van der Waals surface area contributed by atoms with Gasteiger partial charge >= 0.3 is 5.97 Å². The van der Waals surface area contributed by atoms with Crippen molar-refractivity contribution in [2.24, 2.45) is 5.16 Å². The predicted molar refractivity (Wildman–Crippen MR) is 91.2 cm³/mol. The standard InChI is InChI=1S/C14H11Cl2NO3S2/c1-20-14(18)8-4-2-3-5-11(8)21-7-10(17-19)9-6-12(15)22-13(9)16/h2-6,19H,7H2,1H3/b17-10+. The molecule has 0 atom stereocenters. The van der Waals surface area contributed by atoms with Gasteiger partial charge in [0.05, 0.1) is 22.7 Å². The fourth-order valence-corrected chi connectivity index (χ4v) is 4.21. The Kier molecular flexibility index (Phi) is 6.14. The molecule has 0 radical (unpaired) electrons. The summed E-state index contributed by atoms with van der Waals surface area (Å²) in [6.07, 6.45) is 0. The maximum absolute atomic E-state index is 11.7. The number of hydrogen-bond donors (Lipinski definition) is 1. The van der Waals surface area contributed by atoms with Gasteiger partial charge in [0.15, 0.2) is 0 Å². The Bertz CT molecular complexity index is 716. The van der Waals surface area contributed by atoms with Gasteiger partial charge in [-0.1, -0.05) is 40.5 Å². The minimum Gasteiger partial charge on any atom is -0.465 e. The first-order chi connectivity index (χ1) is 10.6. The van der Waals surface area contributed by atoms with Gasteiger partial charge < -0.3 is 9.94 Å². The second-order valence-electron chi connectivity index (χ2n) is 4.06. The van der Waals surface area contributed by atoms with Crippen LogP contribution in [0.15, 0.2) is 40.4 Å². The molecule has 0 fully saturated rings. The molecule has 1 heterocycles. The van der Waals surface area contributed by atoms with Gasteiger partial charge in [0, 0.05) is 16.2 Å². The molecule has 0 saturated carbocycles. The lowest BCUT2D eigenvalue weighted by atomic mass is 10.2. The molecule has 2 rings (SSSR count). The Balaban J connectivity index is 2.19. The largest absolute Gasteiger partial charge is 0.465 e. The third-order valence-electron chi connectivity index (χ3n) is 2.75. The molecule has 0 aliphatic rings. The van der Waals surface area contributed by atoms with Crippen LogP contribution < -0.4 is 0 Å². The molecule has 116 valence electrons. The number of halogens is 2. The highest BCUT2D eigenvalue weighted by Gasteiger charge is 2.16. The van der Waals surface area contributed by atoms with Gasteiger partial charge in [0.2, 0.25) is 0 Å². The van der Waals surface area contributed by atoms with E-state index in [1.165, 1.54) is 30.2 Å². The number of nitrogens with zero attached hydrogens (tertiary/aromatic N) is 1. The summed E-state index contributed by atoms with van der Waals surface area (Å²) >= 11 is 14.5. The SMILES string of the molecule is COC(=O)c1ccccc1SC/C(=N\O)c1cc(Cl)sc1Cl. The Morgan fingerprint density at radius 3 is 2.68 bits per heavy atom. The Labute approximate surface area is 145 Å². The van der Waals surface area contributed by atoms with Crippen LogP contribution in [0.2, 0.25) is 8.67 Å². The summed E-state index contributed by atoms with van der Waals surface area (Å²) in [7, 11) is 1.33. The average Bonchev–Trinajstić information content (AvgIpc) is 2.86. The van der Waals surface area contributed by atoms with Crippen molar-refractivity contribution in [1.29, 1.82) is 0 Å². The van der Waals surface area contributed by atoms with Crippen molar-refractivity contribution in [3.8, 4) is 0 Å². The number of oxime groups is 1. The van der Waals surface area contributed by atoms with Crippen LogP contribution in [-0.4, -0.2) is 29.8 Å². The van der Waals surface area contributed by atoms with Crippen LogP contribution in [0.25, 0.3) is 0 Å². The minimum atomic E-state index is -0.415. The lowest BCUT2D eigenvalue weighted by molar-refractivity contribution is 0.0597. The summed E-state index contributed by atoms with van der Waals surface area (Å²) in [4.78, 5) is 12.5. The van der Waals surface area contributed by atoms with Crippen LogP contribution in [0.1, 0.15) is 15.9 Å². The molecule has 0 aliphatic heterocycles. The number of carbonyl (C=O) groups excluding carboxylic acids is 1. The van der Waals surface area contributed by atoms with Crippen molar-refractivity contribution in [2.75, 3.05) is 12.9 Å². The smallest absolute Gasteiger partial charge is 0.338 e. The Morgan fingerprint density at radius 1 is 1.36 bits per heavy atom. The molecular formula is C14H11Cl2NO3S2. The van der Waals surface area contributed by atoms with Crippen LogP contribution in [0.4, 0.5) is 0 Å². The first-order valence-corrected chi connectivity index (χ1v) is 8.59. The molecule has 1 aromatic heterocycles. The normalized spacial score (nSPS) is 11.5. The van der Waals surface area contributed by atoms with E-state index in [1.807, 2.05) is 6.07 Å². The minimum absolute atomic E-state index is 0.331.